The smallest absolute Gasteiger partial charge is 0.136 e. The molecule has 4 fully saturated rings. The standard InChI is InChI=1S/C20H23FN2O.C14H17NO2/c21-16-6-8-17(9-7-16)22-18-10-19-13-24-14-20(11-18)23(19)12-15-4-2-1-3-5-15;16-14-6-12-9-17-10-13(7-14)15(12)8-11-4-2-1-3-5-11/h1-9,18-20,22H,10-14H2;1-5,12-13H,6-10H2/t18?,19-,20+;. The Kier molecular flexibility index (Phi) is 9.06. The molecule has 7 heteroatoms. The maximum atomic E-state index is 13.1. The number of nitrogens with one attached hydrogen (secondary N) is 1. The quantitative estimate of drug-likeness (QED) is 0.445. The van der Waals surface area contributed by atoms with Crippen molar-refractivity contribution in [3.63, 3.8) is 0 Å². The minimum Gasteiger partial charge on any atom is -0.382 e. The molecule has 41 heavy (non-hydrogen) atoms. The number of rotatable bonds is 6. The Hall–Kier alpha value is -3.10. The van der Waals surface area contributed by atoms with Crippen molar-refractivity contribution in [2.75, 3.05) is 31.7 Å². The molecule has 6 nitrogen and oxygen atoms in total. The van der Waals surface area contributed by atoms with E-state index in [4.69, 9.17) is 9.47 Å². The van der Waals surface area contributed by atoms with Crippen LogP contribution in [0.3, 0.4) is 0 Å². The number of nitrogens with zero attached hydrogens (tertiary/aromatic N) is 2. The summed E-state index contributed by atoms with van der Waals surface area (Å²) in [6, 6.07) is 29.6. The zero-order valence-electron chi connectivity index (χ0n) is 23.5. The van der Waals surface area contributed by atoms with Crippen LogP contribution in [0, 0.1) is 5.82 Å². The van der Waals surface area contributed by atoms with Crippen molar-refractivity contribution in [3.05, 3.63) is 102 Å². The summed E-state index contributed by atoms with van der Waals surface area (Å²) in [6.07, 6.45) is 3.42. The summed E-state index contributed by atoms with van der Waals surface area (Å²) < 4.78 is 24.4. The van der Waals surface area contributed by atoms with Crippen molar-refractivity contribution in [2.45, 2.75) is 69.0 Å². The molecular weight excluding hydrogens is 517 g/mol. The number of piperidine rings is 2. The lowest BCUT2D eigenvalue weighted by atomic mass is 9.89. The molecule has 216 valence electrons. The maximum absolute atomic E-state index is 13.1. The first kappa shape index (κ1) is 28.0. The van der Waals surface area contributed by atoms with Crippen LogP contribution >= 0.6 is 0 Å². The van der Waals surface area contributed by atoms with E-state index in [2.05, 4.69) is 69.7 Å². The molecule has 0 spiro atoms. The fourth-order valence-corrected chi connectivity index (χ4v) is 6.79. The number of hydrogen-bond acceptors (Lipinski definition) is 6. The first-order chi connectivity index (χ1) is 20.1. The number of benzene rings is 3. The van der Waals surface area contributed by atoms with Crippen molar-refractivity contribution in [3.8, 4) is 0 Å². The van der Waals surface area contributed by atoms with Crippen molar-refractivity contribution in [2.24, 2.45) is 0 Å². The topological polar surface area (TPSA) is 54.0 Å². The van der Waals surface area contributed by atoms with Gasteiger partial charge in [-0.3, -0.25) is 14.6 Å². The third-order valence-electron chi connectivity index (χ3n) is 8.79. The molecule has 4 aliphatic heterocycles. The number of ketones is 1. The lowest BCUT2D eigenvalue weighted by Gasteiger charge is -2.48. The van der Waals surface area contributed by atoms with E-state index in [1.165, 1.54) is 23.3 Å². The Balaban J connectivity index is 0.000000156. The lowest BCUT2D eigenvalue weighted by molar-refractivity contribution is -0.136. The van der Waals surface area contributed by atoms with Crippen LogP contribution in [-0.2, 0) is 27.4 Å². The van der Waals surface area contributed by atoms with E-state index in [9.17, 15) is 9.18 Å². The van der Waals surface area contributed by atoms with Crippen molar-refractivity contribution in [1.82, 2.24) is 9.80 Å². The number of Topliss-reactive ketones (excluding diaryl/α,β-unsaturated/α-hetero) is 1. The first-order valence-corrected chi connectivity index (χ1v) is 14.9. The summed E-state index contributed by atoms with van der Waals surface area (Å²) in [5, 5.41) is 3.57. The molecule has 4 bridgehead atoms. The summed E-state index contributed by atoms with van der Waals surface area (Å²) >= 11 is 0. The molecule has 3 aromatic carbocycles. The molecule has 1 N–H and O–H groups in total. The van der Waals surface area contributed by atoms with E-state index in [-0.39, 0.29) is 17.9 Å². The van der Waals surface area contributed by atoms with Crippen LogP contribution < -0.4 is 5.32 Å². The number of fused-ring (bicyclic) bond motifs is 4. The van der Waals surface area contributed by atoms with Crippen molar-refractivity contribution < 1.29 is 18.7 Å². The van der Waals surface area contributed by atoms with Gasteiger partial charge in [-0.15, -0.1) is 0 Å². The molecule has 0 radical (unpaired) electrons. The number of anilines is 1. The number of morpholine rings is 2. The molecule has 0 aromatic heterocycles. The number of halogens is 1. The summed E-state index contributed by atoms with van der Waals surface area (Å²) in [4.78, 5) is 16.6. The van der Waals surface area contributed by atoms with Gasteiger partial charge in [0.2, 0.25) is 0 Å². The van der Waals surface area contributed by atoms with Crippen LogP contribution in [0.25, 0.3) is 0 Å². The van der Waals surface area contributed by atoms with Gasteiger partial charge < -0.3 is 14.8 Å². The Morgan fingerprint density at radius 2 is 1.12 bits per heavy atom. The predicted octanol–water partition coefficient (Wildman–Crippen LogP) is 5.29. The zero-order valence-corrected chi connectivity index (χ0v) is 23.5. The summed E-state index contributed by atoms with van der Waals surface area (Å²) in [5.41, 5.74) is 3.68. The average Bonchev–Trinajstić information content (AvgIpc) is 2.97. The van der Waals surface area contributed by atoms with Gasteiger partial charge in [0, 0.05) is 61.8 Å². The van der Waals surface area contributed by atoms with Crippen LogP contribution in [0.2, 0.25) is 0 Å². The summed E-state index contributed by atoms with van der Waals surface area (Å²) in [5.74, 6) is 0.205. The first-order valence-electron chi connectivity index (χ1n) is 14.9. The molecule has 5 atom stereocenters. The van der Waals surface area contributed by atoms with Crippen LogP contribution in [0.1, 0.15) is 36.8 Å². The van der Waals surface area contributed by atoms with E-state index in [0.717, 1.165) is 44.8 Å². The molecule has 3 unspecified atom stereocenters. The van der Waals surface area contributed by atoms with Gasteiger partial charge in [0.15, 0.2) is 0 Å². The lowest BCUT2D eigenvalue weighted by Crippen LogP contribution is -2.58. The van der Waals surface area contributed by atoms with Gasteiger partial charge in [0.25, 0.3) is 0 Å². The van der Waals surface area contributed by atoms with Gasteiger partial charge in [-0.1, -0.05) is 60.7 Å². The van der Waals surface area contributed by atoms with E-state index in [0.29, 0.717) is 50.0 Å². The van der Waals surface area contributed by atoms with Gasteiger partial charge in [-0.05, 0) is 48.2 Å². The highest BCUT2D eigenvalue weighted by Gasteiger charge is 2.39. The molecule has 7 rings (SSSR count). The van der Waals surface area contributed by atoms with Gasteiger partial charge in [0.1, 0.15) is 11.6 Å². The fraction of sp³-hybridized carbons (Fsp3) is 0.441. The van der Waals surface area contributed by atoms with Crippen LogP contribution in [-0.4, -0.2) is 72.2 Å². The number of ether oxygens (including phenoxy) is 2. The Morgan fingerprint density at radius 1 is 0.659 bits per heavy atom. The van der Waals surface area contributed by atoms with Crippen LogP contribution in [0.5, 0.6) is 0 Å². The Labute approximate surface area is 242 Å². The molecule has 0 amide bonds. The van der Waals surface area contributed by atoms with E-state index < -0.39 is 0 Å². The second-order valence-corrected chi connectivity index (χ2v) is 11.8. The molecular formula is C34H40FN3O3. The second kappa shape index (κ2) is 13.3. The monoisotopic (exact) mass is 557 g/mol. The molecule has 0 aliphatic carbocycles. The highest BCUT2D eigenvalue weighted by atomic mass is 19.1. The van der Waals surface area contributed by atoms with Crippen molar-refractivity contribution in [1.29, 1.82) is 0 Å². The fourth-order valence-electron chi connectivity index (χ4n) is 6.79. The number of hydrogen-bond donors (Lipinski definition) is 1. The minimum atomic E-state index is -0.191. The normalized spacial score (nSPS) is 27.9. The Morgan fingerprint density at radius 3 is 1.63 bits per heavy atom. The highest BCUT2D eigenvalue weighted by molar-refractivity contribution is 5.80. The minimum absolute atomic E-state index is 0.191. The highest BCUT2D eigenvalue weighted by Crippen LogP contribution is 2.31. The van der Waals surface area contributed by atoms with E-state index >= 15 is 0 Å². The Bertz CT molecular complexity index is 1230. The van der Waals surface area contributed by atoms with Gasteiger partial charge in [-0.25, -0.2) is 4.39 Å². The largest absolute Gasteiger partial charge is 0.382 e. The van der Waals surface area contributed by atoms with Gasteiger partial charge in [0.05, 0.1) is 26.4 Å². The number of carbonyl (C=O) groups excluding carboxylic acids is 1. The third kappa shape index (κ3) is 7.22. The third-order valence-corrected chi connectivity index (χ3v) is 8.79. The molecule has 3 aromatic rings. The summed E-state index contributed by atoms with van der Waals surface area (Å²) in [6.45, 7) is 4.93. The second-order valence-electron chi connectivity index (χ2n) is 11.8. The summed E-state index contributed by atoms with van der Waals surface area (Å²) in [7, 11) is 0. The molecule has 4 aliphatic rings. The molecule has 4 heterocycles. The van der Waals surface area contributed by atoms with Crippen molar-refractivity contribution >= 4 is 11.5 Å². The maximum Gasteiger partial charge on any atom is 0.136 e. The number of carbonyl (C=O) groups is 1. The molecule has 0 saturated carbocycles. The van der Waals surface area contributed by atoms with Crippen LogP contribution in [0.15, 0.2) is 84.9 Å². The van der Waals surface area contributed by atoms with E-state index in [1.807, 2.05) is 18.2 Å². The van der Waals surface area contributed by atoms with Gasteiger partial charge in [-0.2, -0.15) is 0 Å². The van der Waals surface area contributed by atoms with E-state index in [1.54, 1.807) is 0 Å². The van der Waals surface area contributed by atoms with Gasteiger partial charge >= 0.3 is 0 Å². The SMILES string of the molecule is Fc1ccc(NC2C[C@H]3COC[C@@H](C2)N3Cc2ccccc2)cc1.O=C1CC2COCC(C1)N2Cc1ccccc1. The molecule has 4 saturated heterocycles. The van der Waals surface area contributed by atoms with Crippen LogP contribution in [0.4, 0.5) is 10.1 Å². The average molecular weight is 558 g/mol. The zero-order chi connectivity index (χ0) is 28.0. The predicted molar refractivity (Wildman–Crippen MR) is 158 cm³/mol.